The summed E-state index contributed by atoms with van der Waals surface area (Å²) in [6.45, 7) is 14.0. The van der Waals surface area contributed by atoms with Crippen LogP contribution in [0.2, 0.25) is 0 Å². The van der Waals surface area contributed by atoms with Gasteiger partial charge in [-0.2, -0.15) is 5.26 Å². The van der Waals surface area contributed by atoms with Gasteiger partial charge in [0, 0.05) is 74.3 Å². The number of nitrogens with one attached hydrogen (secondary N) is 2. The van der Waals surface area contributed by atoms with E-state index in [4.69, 9.17) is 26.7 Å². The SMILES string of the molecule is CCC[C@H](NC(=O)c1c(C)nc(-c2ccc(C(C)(C)C)cc2)nc1C)C(=O)C[C@@H](CCN)C(=O)N(C)[C@@H]1C(=O)C[C@@H](C)C(=O)N[C@H](C(=O)CCC#N)Cc2ccc(OCCN)c(c2)-c2cc1ccc2OCCN. The lowest BCUT2D eigenvalue weighted by Gasteiger charge is -2.32. The molecular weight excluding hydrogens is 927 g/mol. The van der Waals surface area contributed by atoms with Crippen molar-refractivity contribution in [2.45, 2.75) is 123 Å². The first-order valence-corrected chi connectivity index (χ1v) is 25.2. The van der Waals surface area contributed by atoms with Crippen LogP contribution >= 0.6 is 0 Å². The van der Waals surface area contributed by atoms with Gasteiger partial charge in [0.25, 0.3) is 5.91 Å². The van der Waals surface area contributed by atoms with E-state index in [1.54, 1.807) is 51.1 Å². The molecule has 4 bridgehead atoms. The highest BCUT2D eigenvalue weighted by Gasteiger charge is 2.37. The average molecular weight is 1000 g/mol. The molecule has 3 amide bonds. The maximum Gasteiger partial charge on any atom is 0.255 e. The van der Waals surface area contributed by atoms with Crippen LogP contribution in [0.5, 0.6) is 11.5 Å². The van der Waals surface area contributed by atoms with Gasteiger partial charge in [0.15, 0.2) is 23.2 Å². The number of hydrogen-bond donors (Lipinski definition) is 5. The Balaban J connectivity index is 1.51. The lowest BCUT2D eigenvalue weighted by molar-refractivity contribution is -0.144. The number of likely N-dealkylation sites (N-methyl/N-ethyl adjacent to an activating group) is 1. The standard InChI is InChI=1S/C56H73N9O8/c1-9-11-43(63-54(70)50-34(3)61-52(62-35(50)4)37-14-17-40(18-15-37)56(5,6)7)46(67)32-39(21-23-58)55(71)65(8)51-38-16-20-49(73-27-25-60)42(31-38)41-29-36(13-19-48(41)72-26-24-59)30-44(45(66)12-10-22-57)64-53(69)33(2)28-47(51)68/h13-20,29,31,33,39,43-44,51H,9-12,21,23-28,30,32,58-60H2,1-8H3,(H,63,70)(H,64,69)/t33-,39-,43+,44+,51+/m1/s1. The molecule has 1 aliphatic heterocycles. The Labute approximate surface area is 429 Å². The summed E-state index contributed by atoms with van der Waals surface area (Å²) in [5.74, 6) is -3.53. The quantitative estimate of drug-likeness (QED) is 0.0647. The van der Waals surface area contributed by atoms with Gasteiger partial charge in [-0.15, -0.1) is 0 Å². The number of nitrogens with zero attached hydrogens (tertiary/aromatic N) is 4. The molecule has 0 fully saturated rings. The van der Waals surface area contributed by atoms with Crippen molar-refractivity contribution in [3.05, 3.63) is 94.3 Å². The molecule has 3 aromatic carbocycles. The number of amides is 3. The van der Waals surface area contributed by atoms with E-state index >= 15 is 0 Å². The van der Waals surface area contributed by atoms with E-state index < -0.39 is 59.2 Å². The predicted molar refractivity (Wildman–Crippen MR) is 279 cm³/mol. The lowest BCUT2D eigenvalue weighted by Crippen LogP contribution is -2.46. The molecule has 0 saturated carbocycles. The van der Waals surface area contributed by atoms with Crippen LogP contribution in [-0.4, -0.2) is 102 Å². The van der Waals surface area contributed by atoms with Gasteiger partial charge in [-0.1, -0.05) is 77.4 Å². The number of ketones is 3. The molecule has 390 valence electrons. The number of hydrogen-bond acceptors (Lipinski definition) is 14. The van der Waals surface area contributed by atoms with Crippen molar-refractivity contribution in [3.63, 3.8) is 0 Å². The second-order valence-corrected chi connectivity index (χ2v) is 19.9. The number of Topliss-reactive ketones (excluding diaryl/α,β-unsaturated/α-hetero) is 3. The van der Waals surface area contributed by atoms with Gasteiger partial charge < -0.3 is 42.2 Å². The van der Waals surface area contributed by atoms with Gasteiger partial charge >= 0.3 is 0 Å². The highest BCUT2D eigenvalue weighted by atomic mass is 16.5. The molecule has 5 rings (SSSR count). The predicted octanol–water partition coefficient (Wildman–Crippen LogP) is 5.93. The number of ether oxygens (including phenoxy) is 2. The minimum absolute atomic E-state index is 0.0344. The number of fused-ring (bicyclic) bond motifs is 5. The third-order valence-corrected chi connectivity index (χ3v) is 13.1. The topological polar surface area (TPSA) is 276 Å². The second-order valence-electron chi connectivity index (χ2n) is 19.9. The molecule has 1 aromatic heterocycles. The van der Waals surface area contributed by atoms with Crippen molar-refractivity contribution < 1.29 is 38.2 Å². The molecule has 0 radical (unpaired) electrons. The van der Waals surface area contributed by atoms with Crippen molar-refractivity contribution in [2.75, 3.05) is 39.9 Å². The van der Waals surface area contributed by atoms with Gasteiger partial charge in [0.2, 0.25) is 11.8 Å². The fourth-order valence-electron chi connectivity index (χ4n) is 9.15. The number of carbonyl (C=O) groups is 6. The van der Waals surface area contributed by atoms with Crippen LogP contribution in [0.4, 0.5) is 0 Å². The zero-order valence-electron chi connectivity index (χ0n) is 43.6. The van der Waals surface area contributed by atoms with Crippen LogP contribution in [0.25, 0.3) is 22.5 Å². The summed E-state index contributed by atoms with van der Waals surface area (Å²) in [5, 5.41) is 15.0. The van der Waals surface area contributed by atoms with Crippen molar-refractivity contribution in [1.82, 2.24) is 25.5 Å². The summed E-state index contributed by atoms with van der Waals surface area (Å²) in [6, 6.07) is 17.1. The number of nitriles is 1. The lowest BCUT2D eigenvalue weighted by atomic mass is 9.86. The molecule has 1 aliphatic rings. The molecular formula is C56H73N9O8. The number of aryl methyl sites for hydroxylation is 2. The Morgan fingerprint density at radius 3 is 2.07 bits per heavy atom. The molecule has 17 heteroatoms. The molecule has 73 heavy (non-hydrogen) atoms. The first kappa shape index (κ1) is 57.0. The monoisotopic (exact) mass is 1000 g/mol. The minimum Gasteiger partial charge on any atom is -0.492 e. The maximum absolute atomic E-state index is 14.9. The van der Waals surface area contributed by atoms with Gasteiger partial charge in [-0.25, -0.2) is 9.97 Å². The average Bonchev–Trinajstić information content (AvgIpc) is 3.35. The van der Waals surface area contributed by atoms with E-state index in [2.05, 4.69) is 41.4 Å². The molecule has 2 heterocycles. The largest absolute Gasteiger partial charge is 0.492 e. The molecule has 17 nitrogen and oxygen atoms in total. The fraction of sp³-hybridized carbons (Fsp3) is 0.482. The van der Waals surface area contributed by atoms with E-state index in [0.29, 0.717) is 57.4 Å². The maximum atomic E-state index is 14.9. The van der Waals surface area contributed by atoms with Crippen LogP contribution in [0.3, 0.4) is 0 Å². The normalized spacial score (nSPS) is 16.8. The van der Waals surface area contributed by atoms with Crippen LogP contribution < -0.4 is 37.3 Å². The highest BCUT2D eigenvalue weighted by Crippen LogP contribution is 2.41. The summed E-state index contributed by atoms with van der Waals surface area (Å²) in [5.41, 5.74) is 23.0. The van der Waals surface area contributed by atoms with Crippen LogP contribution in [0.1, 0.15) is 124 Å². The number of aromatic nitrogens is 2. The van der Waals surface area contributed by atoms with E-state index in [1.807, 2.05) is 43.3 Å². The van der Waals surface area contributed by atoms with Crippen molar-refractivity contribution in [1.29, 1.82) is 5.26 Å². The fourth-order valence-corrected chi connectivity index (χ4v) is 9.15. The molecule has 5 atom stereocenters. The van der Waals surface area contributed by atoms with E-state index in [0.717, 1.165) is 11.1 Å². The molecule has 4 aromatic rings. The van der Waals surface area contributed by atoms with Crippen molar-refractivity contribution in [3.8, 4) is 40.1 Å². The summed E-state index contributed by atoms with van der Waals surface area (Å²) in [4.78, 5) is 96.3. The van der Waals surface area contributed by atoms with E-state index in [-0.39, 0.29) is 94.6 Å². The van der Waals surface area contributed by atoms with Crippen LogP contribution in [0.15, 0.2) is 60.7 Å². The second kappa shape index (κ2) is 26.2. The number of benzene rings is 3. The smallest absolute Gasteiger partial charge is 0.255 e. The molecule has 8 N–H and O–H groups in total. The Morgan fingerprint density at radius 2 is 1.49 bits per heavy atom. The zero-order chi connectivity index (χ0) is 53.6. The first-order valence-electron chi connectivity index (χ1n) is 25.2. The summed E-state index contributed by atoms with van der Waals surface area (Å²) < 4.78 is 12.3. The van der Waals surface area contributed by atoms with E-state index in [1.165, 1.54) is 11.9 Å². The molecule has 0 unspecified atom stereocenters. The Kier molecular flexibility index (Phi) is 20.5. The zero-order valence-corrected chi connectivity index (χ0v) is 43.6. The first-order chi connectivity index (χ1) is 34.8. The summed E-state index contributed by atoms with van der Waals surface area (Å²) in [6.07, 6.45) is 0.217. The molecule has 0 saturated heterocycles. The number of carbonyl (C=O) groups excluding carboxylic acids is 6. The molecule has 0 spiro atoms. The van der Waals surface area contributed by atoms with Crippen molar-refractivity contribution >= 4 is 35.1 Å². The minimum atomic E-state index is -1.29. The summed E-state index contributed by atoms with van der Waals surface area (Å²) >= 11 is 0. The Hall–Kier alpha value is -6.87. The summed E-state index contributed by atoms with van der Waals surface area (Å²) in [7, 11) is 1.48. The van der Waals surface area contributed by atoms with Gasteiger partial charge in [0.05, 0.1) is 35.1 Å². The Morgan fingerprint density at radius 1 is 0.877 bits per heavy atom. The van der Waals surface area contributed by atoms with Crippen LogP contribution in [0, 0.1) is 37.0 Å². The van der Waals surface area contributed by atoms with E-state index in [9.17, 15) is 34.0 Å². The third kappa shape index (κ3) is 14.6. The van der Waals surface area contributed by atoms with Gasteiger partial charge in [-0.3, -0.25) is 28.8 Å². The van der Waals surface area contributed by atoms with Gasteiger partial charge in [-0.05, 0) is 86.0 Å². The number of nitrogens with two attached hydrogens (primary N) is 3. The molecule has 0 aliphatic carbocycles. The Bertz CT molecular complexity index is 2650. The number of rotatable bonds is 21. The highest BCUT2D eigenvalue weighted by molar-refractivity contribution is 6.01. The van der Waals surface area contributed by atoms with Gasteiger partial charge in [0.1, 0.15) is 30.8 Å². The van der Waals surface area contributed by atoms with Crippen molar-refractivity contribution in [2.24, 2.45) is 29.0 Å². The third-order valence-electron chi connectivity index (χ3n) is 13.1. The van der Waals surface area contributed by atoms with Crippen LogP contribution in [-0.2, 0) is 35.8 Å².